The number of hydrogen-bond donors (Lipinski definition) is 1. The molecule has 0 fully saturated rings. The predicted octanol–water partition coefficient (Wildman–Crippen LogP) is 2.16. The van der Waals surface area contributed by atoms with Crippen LogP contribution in [0.1, 0.15) is 21.6 Å². The van der Waals surface area contributed by atoms with E-state index < -0.39 is 0 Å². The highest BCUT2D eigenvalue weighted by Crippen LogP contribution is 2.22. The zero-order valence-corrected chi connectivity index (χ0v) is 14.4. The number of amides is 1. The van der Waals surface area contributed by atoms with Gasteiger partial charge in [-0.2, -0.15) is 5.10 Å². The van der Waals surface area contributed by atoms with E-state index in [1.165, 1.54) is 5.69 Å². The summed E-state index contributed by atoms with van der Waals surface area (Å²) < 4.78 is 13.2. The number of aromatic nitrogens is 2. The van der Waals surface area contributed by atoms with Gasteiger partial charge in [0.05, 0.1) is 38.6 Å². The van der Waals surface area contributed by atoms with Gasteiger partial charge in [0, 0.05) is 28.7 Å². The zero-order valence-electron chi connectivity index (χ0n) is 12.8. The van der Waals surface area contributed by atoms with Gasteiger partial charge in [0.1, 0.15) is 5.75 Å². The molecule has 7 heteroatoms. The molecule has 0 saturated carbocycles. The van der Waals surface area contributed by atoms with Crippen LogP contribution in [0, 0.1) is 0 Å². The number of methoxy groups -OCH3 is 1. The van der Waals surface area contributed by atoms with E-state index in [1.807, 2.05) is 10.9 Å². The predicted molar refractivity (Wildman–Crippen MR) is 88.6 cm³/mol. The molecule has 1 N–H and O–H groups in total. The summed E-state index contributed by atoms with van der Waals surface area (Å²) in [5, 5.41) is 7.29. The van der Waals surface area contributed by atoms with E-state index in [-0.39, 0.29) is 5.91 Å². The van der Waals surface area contributed by atoms with Crippen LogP contribution >= 0.6 is 15.9 Å². The lowest BCUT2D eigenvalue weighted by Crippen LogP contribution is -2.28. The number of nitrogens with zero attached hydrogens (tertiary/aromatic N) is 2. The van der Waals surface area contributed by atoms with Gasteiger partial charge in [0.25, 0.3) is 5.91 Å². The fourth-order valence-corrected chi connectivity index (χ4v) is 3.01. The van der Waals surface area contributed by atoms with Gasteiger partial charge in [0.2, 0.25) is 0 Å². The number of ether oxygens (including phenoxy) is 2. The Balaban J connectivity index is 1.60. The molecule has 2 heterocycles. The lowest BCUT2D eigenvalue weighted by Gasteiger charge is -2.15. The van der Waals surface area contributed by atoms with E-state index in [2.05, 4.69) is 26.3 Å². The molecule has 1 aliphatic heterocycles. The zero-order chi connectivity index (χ0) is 16.2. The lowest BCUT2D eigenvalue weighted by molar-refractivity contribution is 0.0949. The Bertz CT molecular complexity index is 715. The Morgan fingerprint density at radius 3 is 3.22 bits per heavy atom. The molecule has 0 radical (unpaired) electrons. The fourth-order valence-electron chi connectivity index (χ4n) is 2.58. The van der Waals surface area contributed by atoms with Gasteiger partial charge in [0.15, 0.2) is 0 Å². The number of nitrogens with one attached hydrogen (secondary N) is 1. The highest BCUT2D eigenvalue weighted by molar-refractivity contribution is 9.10. The van der Waals surface area contributed by atoms with Crippen LogP contribution < -0.4 is 10.1 Å². The first kappa shape index (κ1) is 16.0. The molecule has 0 aliphatic carbocycles. The molecule has 6 nitrogen and oxygen atoms in total. The lowest BCUT2D eigenvalue weighted by atomic mass is 10.2. The highest BCUT2D eigenvalue weighted by atomic mass is 79.9. The van der Waals surface area contributed by atoms with Crippen molar-refractivity contribution in [3.8, 4) is 5.75 Å². The molecule has 1 aromatic carbocycles. The minimum absolute atomic E-state index is 0.139. The average Bonchev–Trinajstić information content (AvgIpc) is 2.98. The van der Waals surface area contributed by atoms with Gasteiger partial charge in [-0.25, -0.2) is 0 Å². The molecule has 122 valence electrons. The van der Waals surface area contributed by atoms with Crippen molar-refractivity contribution in [1.29, 1.82) is 0 Å². The van der Waals surface area contributed by atoms with E-state index in [4.69, 9.17) is 9.47 Å². The molecule has 0 bridgehead atoms. The van der Waals surface area contributed by atoms with Crippen molar-refractivity contribution >= 4 is 21.8 Å². The van der Waals surface area contributed by atoms with E-state index in [1.54, 1.807) is 25.3 Å². The Morgan fingerprint density at radius 1 is 1.52 bits per heavy atom. The summed E-state index contributed by atoms with van der Waals surface area (Å²) >= 11 is 3.39. The van der Waals surface area contributed by atoms with E-state index in [0.29, 0.717) is 31.0 Å². The number of benzene rings is 1. The third kappa shape index (κ3) is 3.56. The molecule has 1 aromatic heterocycles. The van der Waals surface area contributed by atoms with Gasteiger partial charge < -0.3 is 14.8 Å². The summed E-state index contributed by atoms with van der Waals surface area (Å²) in [6.45, 7) is 2.50. The summed E-state index contributed by atoms with van der Waals surface area (Å²) in [7, 11) is 1.58. The number of hydrogen-bond acceptors (Lipinski definition) is 4. The second-order valence-corrected chi connectivity index (χ2v) is 6.10. The summed E-state index contributed by atoms with van der Waals surface area (Å²) in [5.74, 6) is 0.514. The number of halogens is 1. The van der Waals surface area contributed by atoms with Gasteiger partial charge in [-0.15, -0.1) is 0 Å². The van der Waals surface area contributed by atoms with E-state index >= 15 is 0 Å². The second kappa shape index (κ2) is 7.14. The first-order valence-electron chi connectivity index (χ1n) is 7.42. The number of rotatable bonds is 5. The molecule has 1 aliphatic rings. The topological polar surface area (TPSA) is 65.4 Å². The van der Waals surface area contributed by atoms with Gasteiger partial charge in [-0.1, -0.05) is 0 Å². The number of fused-ring (bicyclic) bond motifs is 1. The summed E-state index contributed by atoms with van der Waals surface area (Å²) in [5.41, 5.74) is 2.89. The Hall–Kier alpha value is -1.86. The summed E-state index contributed by atoms with van der Waals surface area (Å²) in [4.78, 5) is 12.3. The van der Waals surface area contributed by atoms with Crippen LogP contribution in [0.4, 0.5) is 0 Å². The van der Waals surface area contributed by atoms with Gasteiger partial charge in [-0.3, -0.25) is 9.48 Å². The Morgan fingerprint density at radius 2 is 2.39 bits per heavy atom. The maximum Gasteiger partial charge on any atom is 0.252 e. The van der Waals surface area contributed by atoms with Crippen LogP contribution in [0.5, 0.6) is 5.75 Å². The van der Waals surface area contributed by atoms with E-state index in [9.17, 15) is 4.79 Å². The monoisotopic (exact) mass is 379 g/mol. The van der Waals surface area contributed by atoms with Crippen LogP contribution in [-0.2, 0) is 24.3 Å². The maximum atomic E-state index is 12.3. The molecular weight excluding hydrogens is 362 g/mol. The largest absolute Gasteiger partial charge is 0.497 e. The standard InChI is InChI=1S/C16H18BrN3O3/c1-22-12-2-3-14(17)13(8-12)16(21)18-5-6-20-15-4-7-23-10-11(15)9-19-20/h2-3,8-9H,4-7,10H2,1H3,(H,18,21). The van der Waals surface area contributed by atoms with Crippen molar-refractivity contribution in [2.45, 2.75) is 19.6 Å². The smallest absolute Gasteiger partial charge is 0.252 e. The minimum atomic E-state index is -0.139. The van der Waals surface area contributed by atoms with Gasteiger partial charge in [-0.05, 0) is 34.1 Å². The quantitative estimate of drug-likeness (QED) is 0.864. The molecule has 0 unspecified atom stereocenters. The first-order chi connectivity index (χ1) is 11.2. The van der Waals surface area contributed by atoms with Crippen LogP contribution in [0.2, 0.25) is 0 Å². The molecule has 0 spiro atoms. The molecular formula is C16H18BrN3O3. The number of carbonyl (C=O) groups is 1. The van der Waals surface area contributed by atoms with Crippen LogP contribution in [0.15, 0.2) is 28.9 Å². The average molecular weight is 380 g/mol. The molecule has 3 rings (SSSR count). The van der Waals surface area contributed by atoms with Crippen molar-refractivity contribution in [2.24, 2.45) is 0 Å². The van der Waals surface area contributed by atoms with Crippen LogP contribution in [0.25, 0.3) is 0 Å². The normalized spacial score (nSPS) is 13.5. The van der Waals surface area contributed by atoms with Crippen molar-refractivity contribution in [3.05, 3.63) is 45.7 Å². The Labute approximate surface area is 142 Å². The summed E-state index contributed by atoms with van der Waals surface area (Å²) in [6, 6.07) is 5.32. The molecule has 0 atom stereocenters. The van der Waals surface area contributed by atoms with Crippen molar-refractivity contribution < 1.29 is 14.3 Å². The first-order valence-corrected chi connectivity index (χ1v) is 8.21. The van der Waals surface area contributed by atoms with Crippen molar-refractivity contribution in [2.75, 3.05) is 20.3 Å². The molecule has 0 saturated heterocycles. The molecule has 1 amide bonds. The number of carbonyl (C=O) groups excluding carboxylic acids is 1. The van der Waals surface area contributed by atoms with Crippen molar-refractivity contribution in [3.63, 3.8) is 0 Å². The summed E-state index contributed by atoms with van der Waals surface area (Å²) in [6.07, 6.45) is 2.71. The third-order valence-corrected chi connectivity index (χ3v) is 4.49. The molecule has 2 aromatic rings. The Kier molecular flexibility index (Phi) is 4.97. The van der Waals surface area contributed by atoms with Crippen molar-refractivity contribution in [1.82, 2.24) is 15.1 Å². The molecule has 23 heavy (non-hydrogen) atoms. The minimum Gasteiger partial charge on any atom is -0.497 e. The maximum absolute atomic E-state index is 12.3. The fraction of sp³-hybridized carbons (Fsp3) is 0.375. The second-order valence-electron chi connectivity index (χ2n) is 5.24. The highest BCUT2D eigenvalue weighted by Gasteiger charge is 2.16. The van der Waals surface area contributed by atoms with E-state index in [0.717, 1.165) is 23.1 Å². The SMILES string of the molecule is COc1ccc(Br)c(C(=O)NCCn2ncc3c2CCOC3)c1. The third-order valence-electron chi connectivity index (χ3n) is 3.80. The van der Waals surface area contributed by atoms with Gasteiger partial charge >= 0.3 is 0 Å². The van der Waals surface area contributed by atoms with Crippen LogP contribution in [0.3, 0.4) is 0 Å². The van der Waals surface area contributed by atoms with Crippen LogP contribution in [-0.4, -0.2) is 35.9 Å².